The highest BCUT2D eigenvalue weighted by Gasteiger charge is 2.33. The summed E-state index contributed by atoms with van der Waals surface area (Å²) in [5.41, 5.74) is 1.66. The largest absolute Gasteiger partial charge is 0.497 e. The van der Waals surface area contributed by atoms with E-state index in [4.69, 9.17) is 16.3 Å². The second kappa shape index (κ2) is 9.60. The van der Waals surface area contributed by atoms with Crippen molar-refractivity contribution in [3.63, 3.8) is 0 Å². The predicted octanol–water partition coefficient (Wildman–Crippen LogP) is 4.13. The van der Waals surface area contributed by atoms with Gasteiger partial charge < -0.3 is 15.4 Å². The maximum absolute atomic E-state index is 12.4. The smallest absolute Gasteiger partial charge is 0.251 e. The molecule has 2 aromatic carbocycles. The van der Waals surface area contributed by atoms with Gasteiger partial charge in [-0.3, -0.25) is 9.59 Å². The Balaban J connectivity index is 1.43. The van der Waals surface area contributed by atoms with Gasteiger partial charge in [0.2, 0.25) is 5.91 Å². The number of hydrogen-bond acceptors (Lipinski definition) is 3. The van der Waals surface area contributed by atoms with Crippen molar-refractivity contribution in [3.05, 3.63) is 64.7 Å². The molecule has 1 aliphatic carbocycles. The van der Waals surface area contributed by atoms with Crippen LogP contribution in [0.4, 0.5) is 0 Å². The van der Waals surface area contributed by atoms with E-state index in [-0.39, 0.29) is 17.9 Å². The van der Waals surface area contributed by atoms with Gasteiger partial charge in [0, 0.05) is 23.6 Å². The van der Waals surface area contributed by atoms with Crippen molar-refractivity contribution in [2.45, 2.75) is 31.7 Å². The van der Waals surface area contributed by atoms with Crippen LogP contribution >= 0.6 is 11.6 Å². The van der Waals surface area contributed by atoms with Gasteiger partial charge in [-0.1, -0.05) is 23.7 Å². The average molecular weight is 401 g/mol. The molecule has 0 radical (unpaired) electrons. The zero-order valence-corrected chi connectivity index (χ0v) is 16.7. The minimum Gasteiger partial charge on any atom is -0.497 e. The number of hydrogen-bond donors (Lipinski definition) is 2. The van der Waals surface area contributed by atoms with E-state index in [2.05, 4.69) is 10.6 Å². The van der Waals surface area contributed by atoms with Crippen LogP contribution in [0.25, 0.3) is 0 Å². The normalized spacial score (nSPS) is 14.2. The van der Waals surface area contributed by atoms with Crippen molar-refractivity contribution in [3.8, 4) is 5.75 Å². The van der Waals surface area contributed by atoms with Crippen LogP contribution in [-0.4, -0.2) is 25.5 Å². The number of rotatable bonds is 9. The first-order chi connectivity index (χ1) is 13.6. The SMILES string of the molecule is COc1ccc(C(NC(=O)CCCNC(=O)c2ccc(Cl)cc2)C2CC2)cc1. The second-order valence-electron chi connectivity index (χ2n) is 7.02. The number of ether oxygens (including phenoxy) is 1. The van der Waals surface area contributed by atoms with Gasteiger partial charge in [-0.05, 0) is 67.1 Å². The lowest BCUT2D eigenvalue weighted by Gasteiger charge is -2.19. The summed E-state index contributed by atoms with van der Waals surface area (Å²) >= 11 is 5.82. The van der Waals surface area contributed by atoms with Crippen molar-refractivity contribution in [2.24, 2.45) is 5.92 Å². The molecule has 1 atom stereocenters. The number of halogens is 1. The Bertz CT molecular complexity index is 802. The van der Waals surface area contributed by atoms with Crippen LogP contribution in [0.15, 0.2) is 48.5 Å². The summed E-state index contributed by atoms with van der Waals surface area (Å²) in [6, 6.07) is 14.6. The molecule has 2 aromatic rings. The molecule has 0 spiro atoms. The molecule has 1 aliphatic rings. The Morgan fingerprint density at radius 3 is 2.39 bits per heavy atom. The molecule has 0 saturated heterocycles. The summed E-state index contributed by atoms with van der Waals surface area (Å²) < 4.78 is 5.20. The fourth-order valence-corrected chi connectivity index (χ4v) is 3.24. The Kier molecular flexibility index (Phi) is 6.93. The van der Waals surface area contributed by atoms with Gasteiger partial charge in [-0.2, -0.15) is 0 Å². The van der Waals surface area contributed by atoms with Gasteiger partial charge in [0.05, 0.1) is 13.2 Å². The summed E-state index contributed by atoms with van der Waals surface area (Å²) in [6.45, 7) is 0.450. The van der Waals surface area contributed by atoms with Crippen molar-refractivity contribution in [1.29, 1.82) is 0 Å². The summed E-state index contributed by atoms with van der Waals surface area (Å²) in [5, 5.41) is 6.58. The highest BCUT2D eigenvalue weighted by molar-refractivity contribution is 6.30. The molecule has 0 aromatic heterocycles. The maximum atomic E-state index is 12.4. The van der Waals surface area contributed by atoms with E-state index in [1.54, 1.807) is 31.4 Å². The second-order valence-corrected chi connectivity index (χ2v) is 7.46. The standard InChI is InChI=1S/C22H25ClN2O3/c1-28-19-12-8-16(9-13-19)21(15-4-5-15)25-20(26)3-2-14-24-22(27)17-6-10-18(23)11-7-17/h6-13,15,21H,2-5,14H2,1H3,(H,24,27)(H,25,26). The van der Waals surface area contributed by atoms with Crippen LogP contribution in [0.3, 0.4) is 0 Å². The molecule has 3 rings (SSSR count). The number of amides is 2. The first-order valence-corrected chi connectivity index (χ1v) is 9.91. The van der Waals surface area contributed by atoms with Crippen LogP contribution in [-0.2, 0) is 4.79 Å². The van der Waals surface area contributed by atoms with Crippen LogP contribution in [0, 0.1) is 5.92 Å². The van der Waals surface area contributed by atoms with E-state index in [0.29, 0.717) is 35.9 Å². The number of nitrogens with one attached hydrogen (secondary N) is 2. The Hall–Kier alpha value is -2.53. The molecule has 148 valence electrons. The minimum absolute atomic E-state index is 0.00783. The number of carbonyl (C=O) groups excluding carboxylic acids is 2. The molecule has 0 bridgehead atoms. The zero-order valence-electron chi connectivity index (χ0n) is 15.9. The molecule has 2 N–H and O–H groups in total. The summed E-state index contributed by atoms with van der Waals surface area (Å²) in [4.78, 5) is 24.4. The maximum Gasteiger partial charge on any atom is 0.251 e. The molecule has 2 amide bonds. The molecule has 28 heavy (non-hydrogen) atoms. The van der Waals surface area contributed by atoms with Gasteiger partial charge >= 0.3 is 0 Å². The highest BCUT2D eigenvalue weighted by Crippen LogP contribution is 2.41. The van der Waals surface area contributed by atoms with Gasteiger partial charge in [0.1, 0.15) is 5.75 Å². The van der Waals surface area contributed by atoms with Crippen molar-refractivity contribution >= 4 is 23.4 Å². The van der Waals surface area contributed by atoms with E-state index < -0.39 is 0 Å². The lowest BCUT2D eigenvalue weighted by molar-refractivity contribution is -0.122. The average Bonchev–Trinajstić information content (AvgIpc) is 3.55. The Morgan fingerprint density at radius 2 is 1.79 bits per heavy atom. The van der Waals surface area contributed by atoms with E-state index in [1.807, 2.05) is 24.3 Å². The third-order valence-electron chi connectivity index (χ3n) is 4.86. The third-order valence-corrected chi connectivity index (χ3v) is 5.11. The molecule has 1 fully saturated rings. The molecule has 0 aliphatic heterocycles. The van der Waals surface area contributed by atoms with Crippen LogP contribution in [0.5, 0.6) is 5.75 Å². The minimum atomic E-state index is -0.161. The predicted molar refractivity (Wildman–Crippen MR) is 110 cm³/mol. The summed E-state index contributed by atoms with van der Waals surface area (Å²) in [5.74, 6) is 1.16. The topological polar surface area (TPSA) is 67.4 Å². The molecular weight excluding hydrogens is 376 g/mol. The van der Waals surface area contributed by atoms with E-state index >= 15 is 0 Å². The van der Waals surface area contributed by atoms with Crippen LogP contribution in [0.1, 0.15) is 47.6 Å². The van der Waals surface area contributed by atoms with Crippen LogP contribution in [0.2, 0.25) is 5.02 Å². The van der Waals surface area contributed by atoms with Gasteiger partial charge in [-0.15, -0.1) is 0 Å². The Labute approximate surface area is 170 Å². The van der Waals surface area contributed by atoms with Gasteiger partial charge in [0.15, 0.2) is 0 Å². The fraction of sp³-hybridized carbons (Fsp3) is 0.364. The molecule has 0 heterocycles. The van der Waals surface area contributed by atoms with Gasteiger partial charge in [-0.25, -0.2) is 0 Å². The Morgan fingerprint density at radius 1 is 1.11 bits per heavy atom. The summed E-state index contributed by atoms with van der Waals surface area (Å²) in [7, 11) is 1.64. The fourth-order valence-electron chi connectivity index (χ4n) is 3.11. The molecular formula is C22H25ClN2O3. The third kappa shape index (κ3) is 5.73. The van der Waals surface area contributed by atoms with E-state index in [1.165, 1.54) is 0 Å². The lowest BCUT2D eigenvalue weighted by Crippen LogP contribution is -2.31. The van der Waals surface area contributed by atoms with Crippen molar-refractivity contribution in [2.75, 3.05) is 13.7 Å². The summed E-state index contributed by atoms with van der Waals surface area (Å²) in [6.07, 6.45) is 3.23. The number of benzene rings is 2. The zero-order chi connectivity index (χ0) is 19.9. The first kappa shape index (κ1) is 20.2. The number of carbonyl (C=O) groups is 2. The molecule has 6 heteroatoms. The van der Waals surface area contributed by atoms with Gasteiger partial charge in [0.25, 0.3) is 5.91 Å². The monoisotopic (exact) mass is 400 g/mol. The van der Waals surface area contributed by atoms with Crippen molar-refractivity contribution in [1.82, 2.24) is 10.6 Å². The first-order valence-electron chi connectivity index (χ1n) is 9.54. The quantitative estimate of drug-likeness (QED) is 0.622. The molecule has 1 saturated carbocycles. The lowest BCUT2D eigenvalue weighted by atomic mass is 10.0. The highest BCUT2D eigenvalue weighted by atomic mass is 35.5. The van der Waals surface area contributed by atoms with Crippen LogP contribution < -0.4 is 15.4 Å². The van der Waals surface area contributed by atoms with E-state index in [9.17, 15) is 9.59 Å². The molecule has 5 nitrogen and oxygen atoms in total. The van der Waals surface area contributed by atoms with E-state index in [0.717, 1.165) is 24.2 Å². The molecule has 1 unspecified atom stereocenters. The van der Waals surface area contributed by atoms with Crippen molar-refractivity contribution < 1.29 is 14.3 Å². The number of methoxy groups -OCH3 is 1.